The summed E-state index contributed by atoms with van der Waals surface area (Å²) in [5, 5.41) is 11.9. The molecular formula is C16H19N3O4S. The van der Waals surface area contributed by atoms with Gasteiger partial charge in [-0.05, 0) is 24.8 Å². The van der Waals surface area contributed by atoms with Gasteiger partial charge in [-0.1, -0.05) is 30.3 Å². The lowest BCUT2D eigenvalue weighted by atomic mass is 10.1. The number of aliphatic carboxylic acids is 1. The van der Waals surface area contributed by atoms with Crippen molar-refractivity contribution in [3.63, 3.8) is 0 Å². The predicted octanol–water partition coefficient (Wildman–Crippen LogP) is 2.67. The van der Waals surface area contributed by atoms with Crippen molar-refractivity contribution in [2.75, 3.05) is 18.5 Å². The van der Waals surface area contributed by atoms with E-state index in [0.717, 1.165) is 36.4 Å². The van der Waals surface area contributed by atoms with Crippen LogP contribution in [0.3, 0.4) is 0 Å². The van der Waals surface area contributed by atoms with Crippen molar-refractivity contribution in [3.05, 3.63) is 41.7 Å². The second kappa shape index (κ2) is 8.18. The van der Waals surface area contributed by atoms with Gasteiger partial charge in [0.1, 0.15) is 12.6 Å². The maximum absolute atomic E-state index is 10.7. The van der Waals surface area contributed by atoms with Crippen molar-refractivity contribution in [2.24, 2.45) is 0 Å². The van der Waals surface area contributed by atoms with E-state index < -0.39 is 12.1 Å². The minimum absolute atomic E-state index is 0.197. The second-order valence-corrected chi connectivity index (χ2v) is 6.18. The fourth-order valence-corrected chi connectivity index (χ4v) is 3.04. The average Bonchev–Trinajstić information content (AvgIpc) is 3.08. The van der Waals surface area contributed by atoms with Crippen LogP contribution in [0.4, 0.5) is 5.13 Å². The summed E-state index contributed by atoms with van der Waals surface area (Å²) in [6.45, 7) is 0.499. The molecule has 0 spiro atoms. The molecule has 1 aliphatic rings. The summed E-state index contributed by atoms with van der Waals surface area (Å²) >= 11 is 1.12. The first-order valence-corrected chi connectivity index (χ1v) is 8.61. The molecule has 2 unspecified atom stereocenters. The summed E-state index contributed by atoms with van der Waals surface area (Å²) in [6.07, 6.45) is 2.25. The van der Waals surface area contributed by atoms with Crippen LogP contribution in [-0.4, -0.2) is 39.9 Å². The van der Waals surface area contributed by atoms with E-state index >= 15 is 0 Å². The van der Waals surface area contributed by atoms with Crippen LogP contribution in [-0.2, 0) is 14.3 Å². The summed E-state index contributed by atoms with van der Waals surface area (Å²) in [7, 11) is 0. The fraction of sp³-hybridized carbons (Fsp3) is 0.438. The number of benzene rings is 1. The van der Waals surface area contributed by atoms with Gasteiger partial charge in [-0.25, -0.2) is 4.98 Å². The van der Waals surface area contributed by atoms with E-state index in [4.69, 9.17) is 14.6 Å². The second-order valence-electron chi connectivity index (χ2n) is 5.43. The lowest BCUT2D eigenvalue weighted by Gasteiger charge is -2.26. The molecule has 0 radical (unpaired) electrons. The van der Waals surface area contributed by atoms with Crippen LogP contribution >= 0.6 is 11.5 Å². The number of aromatic nitrogens is 2. The third kappa shape index (κ3) is 4.50. The Bertz CT molecular complexity index is 658. The quantitative estimate of drug-likeness (QED) is 0.793. The number of carboxylic acids is 1. The zero-order valence-electron chi connectivity index (χ0n) is 13.1. The predicted molar refractivity (Wildman–Crippen MR) is 89.0 cm³/mol. The Hall–Kier alpha value is -2.03. The molecule has 3 rings (SSSR count). The van der Waals surface area contributed by atoms with E-state index in [9.17, 15) is 4.79 Å². The number of hydrogen-bond donors (Lipinski definition) is 2. The van der Waals surface area contributed by atoms with Gasteiger partial charge in [-0.2, -0.15) is 4.37 Å². The minimum atomic E-state index is -0.946. The van der Waals surface area contributed by atoms with Gasteiger partial charge in [0.2, 0.25) is 5.13 Å². The molecule has 1 saturated heterocycles. The minimum Gasteiger partial charge on any atom is -0.480 e. The summed E-state index contributed by atoms with van der Waals surface area (Å²) in [5.74, 6) is -0.438. The van der Waals surface area contributed by atoms with Gasteiger partial charge in [0.25, 0.3) is 0 Å². The van der Waals surface area contributed by atoms with Crippen molar-refractivity contribution >= 4 is 22.6 Å². The molecule has 2 atom stereocenters. The Morgan fingerprint density at radius 1 is 1.42 bits per heavy atom. The first-order chi connectivity index (χ1) is 11.7. The van der Waals surface area contributed by atoms with Gasteiger partial charge in [0.15, 0.2) is 12.1 Å². The zero-order chi connectivity index (χ0) is 16.8. The largest absolute Gasteiger partial charge is 0.480 e. The molecule has 2 heterocycles. The molecule has 1 aromatic heterocycles. The topological polar surface area (TPSA) is 93.6 Å². The number of carboxylic acid groups (broad SMARTS) is 1. The average molecular weight is 349 g/mol. The molecule has 8 heteroatoms. The zero-order valence-corrected chi connectivity index (χ0v) is 13.9. The first kappa shape index (κ1) is 16.8. The monoisotopic (exact) mass is 349 g/mol. The van der Waals surface area contributed by atoms with Gasteiger partial charge < -0.3 is 19.9 Å². The molecule has 1 fully saturated rings. The van der Waals surface area contributed by atoms with Crippen LogP contribution in [0, 0.1) is 0 Å². The Labute approximate surface area is 143 Å². The number of ether oxygens (including phenoxy) is 2. The summed E-state index contributed by atoms with van der Waals surface area (Å²) in [6, 6.07) is 9.72. The third-order valence-corrected chi connectivity index (χ3v) is 4.28. The first-order valence-electron chi connectivity index (χ1n) is 7.83. The van der Waals surface area contributed by atoms with E-state index in [1.54, 1.807) is 0 Å². The van der Waals surface area contributed by atoms with Crippen LogP contribution in [0.5, 0.6) is 0 Å². The summed E-state index contributed by atoms with van der Waals surface area (Å²) in [5.41, 5.74) is 0.939. The standard InChI is InChI=1S/C16H19N3O4S/c20-12(21)10-17-16-18-15(19-24-16)14(11-6-2-1-3-7-11)23-13-8-4-5-9-22-13/h1-3,6-7,13-14H,4-5,8-10H2,(H,20,21)(H,17,18,19). The molecule has 2 N–H and O–H groups in total. The molecule has 1 aromatic carbocycles. The van der Waals surface area contributed by atoms with Crippen LogP contribution in [0.15, 0.2) is 30.3 Å². The third-order valence-electron chi connectivity index (χ3n) is 3.60. The number of nitrogens with one attached hydrogen (secondary N) is 1. The van der Waals surface area contributed by atoms with E-state index in [1.807, 2.05) is 30.3 Å². The molecule has 0 aliphatic carbocycles. The van der Waals surface area contributed by atoms with E-state index in [-0.39, 0.29) is 12.8 Å². The number of anilines is 1. The van der Waals surface area contributed by atoms with E-state index in [0.29, 0.717) is 17.6 Å². The normalized spacial score (nSPS) is 18.9. The Balaban J connectivity index is 1.77. The van der Waals surface area contributed by atoms with E-state index in [2.05, 4.69) is 14.7 Å². The van der Waals surface area contributed by atoms with Crippen molar-refractivity contribution in [1.82, 2.24) is 9.36 Å². The highest BCUT2D eigenvalue weighted by Gasteiger charge is 2.26. The molecule has 0 saturated carbocycles. The van der Waals surface area contributed by atoms with Gasteiger partial charge in [-0.3, -0.25) is 4.79 Å². The lowest BCUT2D eigenvalue weighted by Crippen LogP contribution is -2.25. The molecule has 128 valence electrons. The molecule has 0 amide bonds. The highest BCUT2D eigenvalue weighted by Crippen LogP contribution is 2.30. The lowest BCUT2D eigenvalue weighted by molar-refractivity contribution is -0.182. The Kier molecular flexibility index (Phi) is 5.73. The van der Waals surface area contributed by atoms with Crippen molar-refractivity contribution in [2.45, 2.75) is 31.7 Å². The Morgan fingerprint density at radius 3 is 2.96 bits per heavy atom. The summed E-state index contributed by atoms with van der Waals surface area (Å²) < 4.78 is 16.1. The van der Waals surface area contributed by atoms with Gasteiger partial charge in [-0.15, -0.1) is 0 Å². The van der Waals surface area contributed by atoms with Crippen molar-refractivity contribution < 1.29 is 19.4 Å². The van der Waals surface area contributed by atoms with Crippen molar-refractivity contribution in [3.8, 4) is 0 Å². The van der Waals surface area contributed by atoms with Crippen LogP contribution in [0.2, 0.25) is 0 Å². The van der Waals surface area contributed by atoms with Crippen LogP contribution < -0.4 is 5.32 Å². The van der Waals surface area contributed by atoms with Crippen LogP contribution in [0.1, 0.15) is 36.8 Å². The molecular weight excluding hydrogens is 330 g/mol. The fourth-order valence-electron chi connectivity index (χ4n) is 2.45. The smallest absolute Gasteiger partial charge is 0.322 e. The number of carbonyl (C=O) groups is 1. The number of hydrogen-bond acceptors (Lipinski definition) is 7. The molecule has 24 heavy (non-hydrogen) atoms. The molecule has 0 bridgehead atoms. The highest BCUT2D eigenvalue weighted by molar-refractivity contribution is 7.09. The van der Waals surface area contributed by atoms with Gasteiger partial charge >= 0.3 is 5.97 Å². The van der Waals surface area contributed by atoms with Gasteiger partial charge in [0.05, 0.1) is 0 Å². The van der Waals surface area contributed by atoms with E-state index in [1.165, 1.54) is 0 Å². The molecule has 1 aliphatic heterocycles. The number of nitrogens with zero attached hydrogens (tertiary/aromatic N) is 2. The summed E-state index contributed by atoms with van der Waals surface area (Å²) in [4.78, 5) is 15.0. The maximum atomic E-state index is 10.7. The maximum Gasteiger partial charge on any atom is 0.322 e. The SMILES string of the molecule is O=C(O)CNc1nc(C(OC2CCCCO2)c2ccccc2)ns1. The molecule has 7 nitrogen and oxygen atoms in total. The number of rotatable bonds is 7. The Morgan fingerprint density at radius 2 is 2.25 bits per heavy atom. The van der Waals surface area contributed by atoms with Crippen molar-refractivity contribution in [1.29, 1.82) is 0 Å². The molecule has 2 aromatic rings. The van der Waals surface area contributed by atoms with Crippen LogP contribution in [0.25, 0.3) is 0 Å². The van der Waals surface area contributed by atoms with Gasteiger partial charge in [0, 0.05) is 18.1 Å². The highest BCUT2D eigenvalue weighted by atomic mass is 32.1.